The highest BCUT2D eigenvalue weighted by molar-refractivity contribution is 6.31. The van der Waals surface area contributed by atoms with Gasteiger partial charge < -0.3 is 10.2 Å². The molecule has 1 aromatic heterocycles. The Kier molecular flexibility index (Phi) is 5.85. The van der Waals surface area contributed by atoms with Gasteiger partial charge in [-0.05, 0) is 30.4 Å². The highest BCUT2D eigenvalue weighted by atomic mass is 35.5. The van der Waals surface area contributed by atoms with Crippen molar-refractivity contribution in [2.24, 2.45) is 0 Å². The van der Waals surface area contributed by atoms with Crippen LogP contribution < -0.4 is 5.32 Å². The van der Waals surface area contributed by atoms with Crippen molar-refractivity contribution in [1.82, 2.24) is 20.4 Å². The molecule has 8 heteroatoms. The second kappa shape index (κ2) is 7.94. The summed E-state index contributed by atoms with van der Waals surface area (Å²) in [6, 6.07) is 4.94. The van der Waals surface area contributed by atoms with Gasteiger partial charge in [0.2, 0.25) is 0 Å². The molecule has 4 rings (SSSR count). The number of carbonyl (C=O) groups excluding carboxylic acids is 1. The molecule has 0 aliphatic carbocycles. The van der Waals surface area contributed by atoms with E-state index in [0.717, 1.165) is 42.6 Å². The number of aromatic amines is 1. The Bertz CT molecular complexity index is 802. The van der Waals surface area contributed by atoms with Gasteiger partial charge in [-0.15, -0.1) is 12.4 Å². The lowest BCUT2D eigenvalue weighted by Crippen LogP contribution is -2.39. The van der Waals surface area contributed by atoms with E-state index < -0.39 is 0 Å². The number of halogens is 3. The predicted molar refractivity (Wildman–Crippen MR) is 101 cm³/mol. The van der Waals surface area contributed by atoms with Gasteiger partial charge in [0.25, 0.3) is 5.91 Å². The van der Waals surface area contributed by atoms with E-state index in [0.29, 0.717) is 25.3 Å². The number of aromatic nitrogens is 2. The minimum atomic E-state index is -0.381. The molecule has 1 saturated heterocycles. The van der Waals surface area contributed by atoms with Crippen LogP contribution in [0.4, 0.5) is 4.39 Å². The number of piperidine rings is 1. The molecule has 0 bridgehead atoms. The highest BCUT2D eigenvalue weighted by Gasteiger charge is 2.30. The molecule has 3 heterocycles. The Morgan fingerprint density at radius 1 is 1.31 bits per heavy atom. The number of hydrogen-bond acceptors (Lipinski definition) is 3. The Hall–Kier alpha value is -1.63. The number of amides is 1. The van der Waals surface area contributed by atoms with Crippen LogP contribution in [0.5, 0.6) is 0 Å². The molecule has 2 aromatic rings. The van der Waals surface area contributed by atoms with Crippen LogP contribution >= 0.6 is 24.0 Å². The Morgan fingerprint density at radius 3 is 2.85 bits per heavy atom. The standard InChI is InChI=1S/C18H20ClFN4O.ClH/c19-16-12(2-1-3-14(16)20)11-5-8-24(9-6-11)18(25)17-13-10-21-7-4-15(13)22-23-17;/h1-3,11,21H,4-10H2,(H,22,23);1H. The van der Waals surface area contributed by atoms with E-state index in [1.165, 1.54) is 6.07 Å². The first-order valence-corrected chi connectivity index (χ1v) is 9.03. The molecular formula is C18H21Cl2FN4O. The van der Waals surface area contributed by atoms with Crippen molar-refractivity contribution in [2.75, 3.05) is 19.6 Å². The third-order valence-corrected chi connectivity index (χ3v) is 5.61. The van der Waals surface area contributed by atoms with E-state index in [1.807, 2.05) is 11.0 Å². The van der Waals surface area contributed by atoms with Crippen LogP contribution in [-0.2, 0) is 13.0 Å². The second-order valence-corrected chi connectivity index (χ2v) is 7.04. The summed E-state index contributed by atoms with van der Waals surface area (Å²) >= 11 is 6.11. The maximum absolute atomic E-state index is 13.7. The molecule has 0 radical (unpaired) electrons. The fraction of sp³-hybridized carbons (Fsp3) is 0.444. The van der Waals surface area contributed by atoms with E-state index >= 15 is 0 Å². The summed E-state index contributed by atoms with van der Waals surface area (Å²) in [4.78, 5) is 14.7. The summed E-state index contributed by atoms with van der Waals surface area (Å²) in [7, 11) is 0. The van der Waals surface area contributed by atoms with Gasteiger partial charge in [0, 0.05) is 43.9 Å². The number of hydrogen-bond donors (Lipinski definition) is 2. The lowest BCUT2D eigenvalue weighted by molar-refractivity contribution is 0.0705. The van der Waals surface area contributed by atoms with Crippen LogP contribution in [-0.4, -0.2) is 40.6 Å². The normalized spacial score (nSPS) is 17.5. The van der Waals surface area contributed by atoms with Crippen molar-refractivity contribution in [3.05, 3.63) is 51.6 Å². The molecular weight excluding hydrogens is 378 g/mol. The van der Waals surface area contributed by atoms with Crippen LogP contribution in [0.2, 0.25) is 5.02 Å². The molecule has 1 amide bonds. The van der Waals surface area contributed by atoms with Crippen LogP contribution in [0.25, 0.3) is 0 Å². The topological polar surface area (TPSA) is 61.0 Å². The van der Waals surface area contributed by atoms with Crippen LogP contribution in [0.15, 0.2) is 18.2 Å². The van der Waals surface area contributed by atoms with Crippen LogP contribution in [0, 0.1) is 5.82 Å². The molecule has 0 spiro atoms. The molecule has 2 aliphatic rings. The summed E-state index contributed by atoms with van der Waals surface area (Å²) in [6.07, 6.45) is 2.43. The zero-order valence-electron chi connectivity index (χ0n) is 14.2. The third-order valence-electron chi connectivity index (χ3n) is 5.21. The van der Waals surface area contributed by atoms with Gasteiger partial charge in [-0.2, -0.15) is 5.10 Å². The summed E-state index contributed by atoms with van der Waals surface area (Å²) in [5.74, 6) is -0.222. The van der Waals surface area contributed by atoms with Gasteiger partial charge in [0.1, 0.15) is 5.82 Å². The summed E-state index contributed by atoms with van der Waals surface area (Å²) < 4.78 is 13.7. The number of nitrogens with zero attached hydrogens (tertiary/aromatic N) is 2. The molecule has 1 aromatic carbocycles. The SMILES string of the molecule is Cl.O=C(c1n[nH]c2c1CNCC2)N1CCC(c2cccc(F)c2Cl)CC1. The first-order chi connectivity index (χ1) is 12.1. The molecule has 0 saturated carbocycles. The van der Waals surface area contributed by atoms with E-state index in [4.69, 9.17) is 11.6 Å². The van der Waals surface area contributed by atoms with Crippen molar-refractivity contribution in [2.45, 2.75) is 31.7 Å². The zero-order chi connectivity index (χ0) is 17.4. The molecule has 2 N–H and O–H groups in total. The average molecular weight is 399 g/mol. The summed E-state index contributed by atoms with van der Waals surface area (Å²) in [5.41, 5.74) is 3.43. The lowest BCUT2D eigenvalue weighted by Gasteiger charge is -2.32. The minimum absolute atomic E-state index is 0. The third kappa shape index (κ3) is 3.46. The molecule has 2 aliphatic heterocycles. The number of H-pyrrole nitrogens is 1. The van der Waals surface area contributed by atoms with Gasteiger partial charge in [-0.3, -0.25) is 9.89 Å². The van der Waals surface area contributed by atoms with Crippen molar-refractivity contribution in [3.8, 4) is 0 Å². The number of nitrogens with one attached hydrogen (secondary N) is 2. The van der Waals surface area contributed by atoms with Crippen molar-refractivity contribution in [1.29, 1.82) is 0 Å². The molecule has 0 atom stereocenters. The quantitative estimate of drug-likeness (QED) is 0.815. The number of rotatable bonds is 2. The Labute approximate surface area is 162 Å². The zero-order valence-corrected chi connectivity index (χ0v) is 15.8. The van der Waals surface area contributed by atoms with E-state index in [1.54, 1.807) is 6.07 Å². The first kappa shape index (κ1) is 19.1. The second-order valence-electron chi connectivity index (χ2n) is 6.67. The number of fused-ring (bicyclic) bond motifs is 1. The lowest BCUT2D eigenvalue weighted by atomic mass is 9.89. The fourth-order valence-corrected chi connectivity index (χ4v) is 4.06. The number of benzene rings is 1. The minimum Gasteiger partial charge on any atom is -0.337 e. The maximum atomic E-state index is 13.7. The Morgan fingerprint density at radius 2 is 2.08 bits per heavy atom. The maximum Gasteiger partial charge on any atom is 0.274 e. The first-order valence-electron chi connectivity index (χ1n) is 8.65. The smallest absolute Gasteiger partial charge is 0.274 e. The van der Waals surface area contributed by atoms with E-state index in [2.05, 4.69) is 15.5 Å². The van der Waals surface area contributed by atoms with Crippen LogP contribution in [0.1, 0.15) is 46.1 Å². The predicted octanol–water partition coefficient (Wildman–Crippen LogP) is 3.29. The molecule has 5 nitrogen and oxygen atoms in total. The highest BCUT2D eigenvalue weighted by Crippen LogP contribution is 2.34. The van der Waals surface area contributed by atoms with Crippen molar-refractivity contribution < 1.29 is 9.18 Å². The van der Waals surface area contributed by atoms with Gasteiger partial charge in [0.05, 0.1) is 5.02 Å². The van der Waals surface area contributed by atoms with Gasteiger partial charge in [0.15, 0.2) is 5.69 Å². The van der Waals surface area contributed by atoms with E-state index in [-0.39, 0.29) is 35.1 Å². The van der Waals surface area contributed by atoms with Crippen LogP contribution in [0.3, 0.4) is 0 Å². The van der Waals surface area contributed by atoms with Crippen molar-refractivity contribution >= 4 is 29.9 Å². The fourth-order valence-electron chi connectivity index (χ4n) is 3.78. The summed E-state index contributed by atoms with van der Waals surface area (Å²) in [6.45, 7) is 2.85. The van der Waals surface area contributed by atoms with E-state index in [9.17, 15) is 9.18 Å². The van der Waals surface area contributed by atoms with Gasteiger partial charge >= 0.3 is 0 Å². The molecule has 140 valence electrons. The average Bonchev–Trinajstić information content (AvgIpc) is 3.08. The van der Waals surface area contributed by atoms with Gasteiger partial charge in [-0.25, -0.2) is 4.39 Å². The largest absolute Gasteiger partial charge is 0.337 e. The Balaban J connectivity index is 0.00000196. The number of likely N-dealkylation sites (tertiary alicyclic amines) is 1. The monoisotopic (exact) mass is 398 g/mol. The summed E-state index contributed by atoms with van der Waals surface area (Å²) in [5, 5.41) is 10.7. The molecule has 0 unspecified atom stereocenters. The van der Waals surface area contributed by atoms with Crippen molar-refractivity contribution in [3.63, 3.8) is 0 Å². The number of carbonyl (C=O) groups is 1. The molecule has 26 heavy (non-hydrogen) atoms. The molecule has 1 fully saturated rings. The van der Waals surface area contributed by atoms with Gasteiger partial charge in [-0.1, -0.05) is 23.7 Å².